The third-order valence-electron chi connectivity index (χ3n) is 5.02. The first-order chi connectivity index (χ1) is 14.5. The molecule has 2 aromatic heterocycles. The van der Waals surface area contributed by atoms with Gasteiger partial charge in [0.1, 0.15) is 16.6 Å². The third-order valence-corrected chi connectivity index (χ3v) is 6.51. The second-order valence-electron chi connectivity index (χ2n) is 6.98. The van der Waals surface area contributed by atoms with Gasteiger partial charge < -0.3 is 14.3 Å². The summed E-state index contributed by atoms with van der Waals surface area (Å²) in [6.07, 6.45) is 6.21. The molecule has 4 rings (SSSR count). The zero-order valence-corrected chi connectivity index (χ0v) is 18.3. The molecule has 1 aliphatic rings. The Morgan fingerprint density at radius 2 is 2.13 bits per heavy atom. The highest BCUT2D eigenvalue weighted by molar-refractivity contribution is 8.26. The van der Waals surface area contributed by atoms with Crippen molar-refractivity contribution in [2.75, 3.05) is 7.05 Å². The number of hydrogen-bond acceptors (Lipinski definition) is 5. The Balaban J connectivity index is 1.67. The standard InChI is InChI=1S/C22H21N3O3S2/c1-3-14-6-4-8-17-15(10-18-21(27)24(2)22(29)30-18)12-25(20(14)17)13-19(26)23-11-16-7-5-9-28-16/h4-10,12H,3,11,13H2,1-2H3,(H,23,26)/b18-10-. The largest absolute Gasteiger partial charge is 0.467 e. The number of benzene rings is 1. The minimum absolute atomic E-state index is 0.103. The smallest absolute Gasteiger partial charge is 0.265 e. The quantitative estimate of drug-likeness (QED) is 0.465. The molecule has 1 N–H and O–H groups in total. The highest BCUT2D eigenvalue weighted by Gasteiger charge is 2.29. The number of furan rings is 1. The van der Waals surface area contributed by atoms with Gasteiger partial charge in [0.25, 0.3) is 5.91 Å². The Bertz CT molecular complexity index is 1160. The van der Waals surface area contributed by atoms with Crippen molar-refractivity contribution in [1.29, 1.82) is 0 Å². The van der Waals surface area contributed by atoms with Crippen molar-refractivity contribution in [2.45, 2.75) is 26.4 Å². The molecule has 0 unspecified atom stereocenters. The van der Waals surface area contributed by atoms with Crippen LogP contribution in [0.15, 0.2) is 52.1 Å². The fourth-order valence-electron chi connectivity index (χ4n) is 3.49. The predicted octanol–water partition coefficient (Wildman–Crippen LogP) is 3.94. The molecule has 30 heavy (non-hydrogen) atoms. The summed E-state index contributed by atoms with van der Waals surface area (Å²) in [6.45, 7) is 2.61. The number of aromatic nitrogens is 1. The van der Waals surface area contributed by atoms with E-state index in [9.17, 15) is 9.59 Å². The van der Waals surface area contributed by atoms with Crippen molar-refractivity contribution in [3.8, 4) is 0 Å². The van der Waals surface area contributed by atoms with E-state index in [4.69, 9.17) is 16.6 Å². The number of aryl methyl sites for hydroxylation is 1. The molecule has 0 radical (unpaired) electrons. The van der Waals surface area contributed by atoms with Gasteiger partial charge in [-0.05, 0) is 30.2 Å². The van der Waals surface area contributed by atoms with E-state index in [1.807, 2.05) is 35.0 Å². The number of nitrogens with zero attached hydrogens (tertiary/aromatic N) is 2. The van der Waals surface area contributed by atoms with Crippen LogP contribution < -0.4 is 5.32 Å². The van der Waals surface area contributed by atoms with Crippen LogP contribution in [0.5, 0.6) is 0 Å². The maximum atomic E-state index is 12.6. The predicted molar refractivity (Wildman–Crippen MR) is 123 cm³/mol. The summed E-state index contributed by atoms with van der Waals surface area (Å²) >= 11 is 6.53. The van der Waals surface area contributed by atoms with Crippen LogP contribution in [-0.2, 0) is 29.1 Å². The van der Waals surface area contributed by atoms with E-state index in [1.54, 1.807) is 19.4 Å². The summed E-state index contributed by atoms with van der Waals surface area (Å²) in [5, 5.41) is 3.89. The lowest BCUT2D eigenvalue weighted by atomic mass is 10.1. The summed E-state index contributed by atoms with van der Waals surface area (Å²) in [4.78, 5) is 27.1. The van der Waals surface area contributed by atoms with Gasteiger partial charge in [-0.3, -0.25) is 14.5 Å². The van der Waals surface area contributed by atoms with Crippen LogP contribution in [0.25, 0.3) is 17.0 Å². The monoisotopic (exact) mass is 439 g/mol. The van der Waals surface area contributed by atoms with Crippen LogP contribution >= 0.6 is 24.0 Å². The first kappa shape index (κ1) is 20.4. The average molecular weight is 440 g/mol. The number of likely N-dealkylation sites (N-methyl/N-ethyl adjacent to an activating group) is 1. The van der Waals surface area contributed by atoms with E-state index in [1.165, 1.54) is 16.7 Å². The van der Waals surface area contributed by atoms with Crippen LogP contribution in [0.4, 0.5) is 0 Å². The summed E-state index contributed by atoms with van der Waals surface area (Å²) in [7, 11) is 1.68. The van der Waals surface area contributed by atoms with Gasteiger partial charge in [-0.1, -0.05) is 49.1 Å². The van der Waals surface area contributed by atoms with Crippen molar-refractivity contribution in [3.05, 3.63) is 64.6 Å². The number of nitrogens with one attached hydrogen (secondary N) is 1. The molecule has 0 bridgehead atoms. The van der Waals surface area contributed by atoms with E-state index in [0.29, 0.717) is 21.5 Å². The van der Waals surface area contributed by atoms with E-state index >= 15 is 0 Å². The molecule has 3 heterocycles. The van der Waals surface area contributed by atoms with E-state index in [2.05, 4.69) is 18.3 Å². The van der Waals surface area contributed by atoms with E-state index in [-0.39, 0.29) is 18.4 Å². The molecule has 8 heteroatoms. The van der Waals surface area contributed by atoms with Gasteiger partial charge in [-0.2, -0.15) is 0 Å². The SMILES string of the molecule is CCc1cccc2c(/C=C3\SC(=S)N(C)C3=O)cn(CC(=O)NCc3ccco3)c12. The Morgan fingerprint density at radius 3 is 2.80 bits per heavy atom. The fraction of sp³-hybridized carbons (Fsp3) is 0.227. The molecule has 0 aliphatic carbocycles. The zero-order chi connectivity index (χ0) is 21.3. The molecule has 154 valence electrons. The number of thiocarbonyl (C=S) groups is 1. The normalized spacial score (nSPS) is 15.5. The van der Waals surface area contributed by atoms with Crippen LogP contribution in [0, 0.1) is 0 Å². The molecule has 0 atom stereocenters. The Kier molecular flexibility index (Phi) is 5.78. The van der Waals surface area contributed by atoms with Crippen LogP contribution in [0.2, 0.25) is 0 Å². The second kappa shape index (κ2) is 8.49. The van der Waals surface area contributed by atoms with E-state index < -0.39 is 0 Å². The maximum absolute atomic E-state index is 12.6. The molecule has 1 fully saturated rings. The summed E-state index contributed by atoms with van der Waals surface area (Å²) in [5.41, 5.74) is 3.05. The first-order valence-electron chi connectivity index (χ1n) is 9.59. The highest BCUT2D eigenvalue weighted by Crippen LogP contribution is 2.34. The lowest BCUT2D eigenvalue weighted by Crippen LogP contribution is -2.26. The number of rotatable bonds is 6. The minimum Gasteiger partial charge on any atom is -0.467 e. The lowest BCUT2D eigenvalue weighted by molar-refractivity contribution is -0.122. The van der Waals surface area contributed by atoms with Crippen molar-refractivity contribution in [3.63, 3.8) is 0 Å². The molecule has 2 amide bonds. The van der Waals surface area contributed by atoms with Gasteiger partial charge in [0.15, 0.2) is 0 Å². The zero-order valence-electron chi connectivity index (χ0n) is 16.7. The molecule has 1 saturated heterocycles. The van der Waals surface area contributed by atoms with Gasteiger partial charge >= 0.3 is 0 Å². The third kappa shape index (κ3) is 3.93. The van der Waals surface area contributed by atoms with Gasteiger partial charge in [-0.25, -0.2) is 0 Å². The number of thioether (sulfide) groups is 1. The fourth-order valence-corrected chi connectivity index (χ4v) is 4.66. The first-order valence-corrected chi connectivity index (χ1v) is 10.8. The molecular weight excluding hydrogens is 418 g/mol. The molecule has 1 aliphatic heterocycles. The van der Waals surface area contributed by atoms with Crippen molar-refractivity contribution < 1.29 is 14.0 Å². The molecule has 0 saturated carbocycles. The number of carbonyl (C=O) groups is 2. The molecular formula is C22H21N3O3S2. The van der Waals surface area contributed by atoms with Gasteiger partial charge in [0, 0.05) is 24.2 Å². The lowest BCUT2D eigenvalue weighted by Gasteiger charge is -2.09. The van der Waals surface area contributed by atoms with Crippen molar-refractivity contribution >= 4 is 57.1 Å². The number of fused-ring (bicyclic) bond motifs is 1. The average Bonchev–Trinajstić information content (AvgIpc) is 3.44. The van der Waals surface area contributed by atoms with Crippen LogP contribution in [-0.4, -0.2) is 32.6 Å². The van der Waals surface area contributed by atoms with Crippen molar-refractivity contribution in [2.24, 2.45) is 0 Å². The van der Waals surface area contributed by atoms with Crippen LogP contribution in [0.3, 0.4) is 0 Å². The summed E-state index contributed by atoms with van der Waals surface area (Å²) in [6, 6.07) is 9.70. The Hall–Kier alpha value is -2.84. The highest BCUT2D eigenvalue weighted by atomic mass is 32.2. The molecule has 6 nitrogen and oxygen atoms in total. The van der Waals surface area contributed by atoms with Gasteiger partial charge in [0.2, 0.25) is 5.91 Å². The number of para-hydroxylation sites is 1. The topological polar surface area (TPSA) is 67.5 Å². The maximum Gasteiger partial charge on any atom is 0.265 e. The number of amides is 2. The Labute approximate surface area is 183 Å². The number of hydrogen-bond donors (Lipinski definition) is 1. The molecule has 0 spiro atoms. The van der Waals surface area contributed by atoms with E-state index in [0.717, 1.165) is 28.5 Å². The van der Waals surface area contributed by atoms with Gasteiger partial charge in [0.05, 0.1) is 23.2 Å². The second-order valence-corrected chi connectivity index (χ2v) is 8.65. The van der Waals surface area contributed by atoms with Crippen molar-refractivity contribution in [1.82, 2.24) is 14.8 Å². The molecule has 1 aromatic carbocycles. The van der Waals surface area contributed by atoms with Gasteiger partial charge in [-0.15, -0.1) is 0 Å². The Morgan fingerprint density at radius 1 is 1.30 bits per heavy atom. The minimum atomic E-state index is -0.111. The molecule has 3 aromatic rings. The summed E-state index contributed by atoms with van der Waals surface area (Å²) in [5.74, 6) is 0.492. The summed E-state index contributed by atoms with van der Waals surface area (Å²) < 4.78 is 7.76. The number of carbonyl (C=O) groups excluding carboxylic acids is 2. The van der Waals surface area contributed by atoms with Crippen LogP contribution in [0.1, 0.15) is 23.8 Å².